The van der Waals surface area contributed by atoms with Gasteiger partial charge in [-0.3, -0.25) is 0 Å². The quantitative estimate of drug-likeness (QED) is 0.680. The van der Waals surface area contributed by atoms with Gasteiger partial charge in [0.1, 0.15) is 17.5 Å². The Bertz CT molecular complexity index is 371. The highest BCUT2D eigenvalue weighted by Gasteiger charge is 2.07. The molecule has 2 N–H and O–H groups in total. The van der Waals surface area contributed by atoms with Crippen molar-refractivity contribution in [3.8, 4) is 0 Å². The smallest absolute Gasteiger partial charge is 0.134 e. The van der Waals surface area contributed by atoms with Crippen LogP contribution in [0.5, 0.6) is 0 Å². The summed E-state index contributed by atoms with van der Waals surface area (Å²) in [6.07, 6.45) is 0. The molecule has 0 aliphatic carbocycles. The van der Waals surface area contributed by atoms with Crippen molar-refractivity contribution in [3.63, 3.8) is 0 Å². The largest absolute Gasteiger partial charge is 0.382 e. The highest BCUT2D eigenvalue weighted by molar-refractivity contribution is 5.56. The molecule has 6 heteroatoms. The second-order valence-electron chi connectivity index (χ2n) is 3.87. The Morgan fingerprint density at radius 1 is 1.06 bits per heavy atom. The van der Waals surface area contributed by atoms with E-state index in [-0.39, 0.29) is 0 Å². The number of anilines is 2. The van der Waals surface area contributed by atoms with E-state index in [1.807, 2.05) is 20.9 Å². The summed E-state index contributed by atoms with van der Waals surface area (Å²) in [5.74, 6) is 2.44. The van der Waals surface area contributed by atoms with Crippen LogP contribution in [0.25, 0.3) is 0 Å². The Hall–Kier alpha value is -1.40. The number of methoxy groups -OCH3 is 1. The van der Waals surface area contributed by atoms with Gasteiger partial charge in [0.2, 0.25) is 0 Å². The summed E-state index contributed by atoms with van der Waals surface area (Å²) in [7, 11) is 3.51. The van der Waals surface area contributed by atoms with Gasteiger partial charge in [0, 0.05) is 26.3 Å². The molecular formula is C12H22N4O2. The van der Waals surface area contributed by atoms with Crippen LogP contribution in [0.2, 0.25) is 0 Å². The first-order valence-corrected chi connectivity index (χ1v) is 6.02. The summed E-state index contributed by atoms with van der Waals surface area (Å²) in [5.41, 5.74) is 1.01. The number of rotatable bonds is 8. The summed E-state index contributed by atoms with van der Waals surface area (Å²) in [6.45, 7) is 6.43. The number of hydrogen-bond acceptors (Lipinski definition) is 6. The predicted octanol–water partition coefficient (Wildman–Crippen LogP) is 1.21. The molecule has 0 saturated heterocycles. The SMILES string of the molecule is CNc1nc(C)nc(NCCOCCOC)c1C. The third-order valence-corrected chi connectivity index (χ3v) is 2.47. The lowest BCUT2D eigenvalue weighted by Gasteiger charge is -2.12. The molecule has 1 aromatic rings. The standard InChI is InChI=1S/C12H22N4O2/c1-9-11(13-3)15-10(2)16-12(9)14-5-6-18-8-7-17-4/h5-8H2,1-4H3,(H2,13,14,15,16). The first-order valence-electron chi connectivity index (χ1n) is 6.02. The molecule has 1 aromatic heterocycles. The van der Waals surface area contributed by atoms with Crippen LogP contribution in [-0.4, -0.2) is 50.5 Å². The van der Waals surface area contributed by atoms with Crippen molar-refractivity contribution in [3.05, 3.63) is 11.4 Å². The molecule has 18 heavy (non-hydrogen) atoms. The van der Waals surface area contributed by atoms with Gasteiger partial charge in [0.15, 0.2) is 0 Å². The summed E-state index contributed by atoms with van der Waals surface area (Å²) in [4.78, 5) is 8.68. The molecule has 0 radical (unpaired) electrons. The fourth-order valence-corrected chi connectivity index (χ4v) is 1.53. The number of ether oxygens (including phenoxy) is 2. The summed E-state index contributed by atoms with van der Waals surface area (Å²) >= 11 is 0. The Morgan fingerprint density at radius 3 is 2.44 bits per heavy atom. The van der Waals surface area contributed by atoms with Crippen LogP contribution >= 0.6 is 0 Å². The van der Waals surface area contributed by atoms with Crippen molar-refractivity contribution in [2.75, 3.05) is 51.2 Å². The molecule has 0 aromatic carbocycles. The van der Waals surface area contributed by atoms with Crippen molar-refractivity contribution >= 4 is 11.6 Å². The summed E-state index contributed by atoms with van der Waals surface area (Å²) in [6, 6.07) is 0. The molecule has 0 spiro atoms. The number of aryl methyl sites for hydroxylation is 1. The molecule has 0 aliphatic rings. The van der Waals surface area contributed by atoms with Gasteiger partial charge in [-0.15, -0.1) is 0 Å². The summed E-state index contributed by atoms with van der Waals surface area (Å²) < 4.78 is 10.3. The fourth-order valence-electron chi connectivity index (χ4n) is 1.53. The minimum atomic E-state index is 0.613. The average molecular weight is 254 g/mol. The average Bonchev–Trinajstić information content (AvgIpc) is 2.37. The molecule has 0 fully saturated rings. The lowest BCUT2D eigenvalue weighted by atomic mass is 10.3. The van der Waals surface area contributed by atoms with E-state index in [1.54, 1.807) is 7.11 Å². The van der Waals surface area contributed by atoms with E-state index in [9.17, 15) is 0 Å². The van der Waals surface area contributed by atoms with E-state index in [0.717, 1.165) is 23.0 Å². The Kier molecular flexibility index (Phi) is 6.38. The molecule has 6 nitrogen and oxygen atoms in total. The first kappa shape index (κ1) is 14.7. The van der Waals surface area contributed by atoms with Crippen LogP contribution in [0.15, 0.2) is 0 Å². The Morgan fingerprint density at radius 2 is 1.78 bits per heavy atom. The van der Waals surface area contributed by atoms with Crippen LogP contribution in [0, 0.1) is 13.8 Å². The molecule has 0 unspecified atom stereocenters. The Labute approximate surface area is 108 Å². The van der Waals surface area contributed by atoms with Gasteiger partial charge in [0.25, 0.3) is 0 Å². The van der Waals surface area contributed by atoms with Gasteiger partial charge in [-0.05, 0) is 13.8 Å². The highest BCUT2D eigenvalue weighted by Crippen LogP contribution is 2.18. The van der Waals surface area contributed by atoms with E-state index in [2.05, 4.69) is 20.6 Å². The lowest BCUT2D eigenvalue weighted by Crippen LogP contribution is -2.14. The van der Waals surface area contributed by atoms with Gasteiger partial charge in [-0.25, -0.2) is 9.97 Å². The van der Waals surface area contributed by atoms with Crippen molar-refractivity contribution < 1.29 is 9.47 Å². The molecule has 0 aliphatic heterocycles. The molecule has 0 amide bonds. The second-order valence-corrected chi connectivity index (χ2v) is 3.87. The molecule has 0 atom stereocenters. The van der Waals surface area contributed by atoms with Crippen molar-refractivity contribution in [1.82, 2.24) is 9.97 Å². The highest BCUT2D eigenvalue weighted by atomic mass is 16.5. The van der Waals surface area contributed by atoms with Crippen molar-refractivity contribution in [2.45, 2.75) is 13.8 Å². The van der Waals surface area contributed by atoms with E-state index < -0.39 is 0 Å². The molecule has 0 saturated carbocycles. The van der Waals surface area contributed by atoms with Gasteiger partial charge >= 0.3 is 0 Å². The minimum Gasteiger partial charge on any atom is -0.382 e. The van der Waals surface area contributed by atoms with Gasteiger partial charge in [-0.2, -0.15) is 0 Å². The van der Waals surface area contributed by atoms with Gasteiger partial charge in [0.05, 0.1) is 19.8 Å². The van der Waals surface area contributed by atoms with Crippen molar-refractivity contribution in [2.24, 2.45) is 0 Å². The van der Waals surface area contributed by atoms with E-state index in [0.29, 0.717) is 26.4 Å². The summed E-state index contributed by atoms with van der Waals surface area (Å²) in [5, 5.41) is 6.30. The van der Waals surface area contributed by atoms with Crippen molar-refractivity contribution in [1.29, 1.82) is 0 Å². The number of nitrogens with one attached hydrogen (secondary N) is 2. The van der Waals surface area contributed by atoms with Crippen LogP contribution < -0.4 is 10.6 Å². The van der Waals surface area contributed by atoms with E-state index in [1.165, 1.54) is 0 Å². The molecule has 0 bridgehead atoms. The van der Waals surface area contributed by atoms with Gasteiger partial charge in [-0.1, -0.05) is 0 Å². The third kappa shape index (κ3) is 4.46. The van der Waals surface area contributed by atoms with Crippen LogP contribution in [-0.2, 0) is 9.47 Å². The van der Waals surface area contributed by atoms with Gasteiger partial charge < -0.3 is 20.1 Å². The maximum Gasteiger partial charge on any atom is 0.134 e. The number of aromatic nitrogens is 2. The van der Waals surface area contributed by atoms with E-state index >= 15 is 0 Å². The maximum absolute atomic E-state index is 5.38. The van der Waals surface area contributed by atoms with Crippen LogP contribution in [0.3, 0.4) is 0 Å². The number of nitrogens with zero attached hydrogens (tertiary/aromatic N) is 2. The Balaban J connectivity index is 2.44. The fraction of sp³-hybridized carbons (Fsp3) is 0.667. The maximum atomic E-state index is 5.38. The molecule has 1 heterocycles. The molecular weight excluding hydrogens is 232 g/mol. The van der Waals surface area contributed by atoms with Crippen LogP contribution in [0.1, 0.15) is 11.4 Å². The molecule has 1 rings (SSSR count). The third-order valence-electron chi connectivity index (χ3n) is 2.47. The lowest BCUT2D eigenvalue weighted by molar-refractivity contribution is 0.0759. The molecule has 102 valence electrons. The first-order chi connectivity index (χ1) is 8.69. The van der Waals surface area contributed by atoms with E-state index in [4.69, 9.17) is 9.47 Å². The monoisotopic (exact) mass is 254 g/mol. The number of hydrogen-bond donors (Lipinski definition) is 2. The predicted molar refractivity (Wildman–Crippen MR) is 72.2 cm³/mol. The zero-order valence-electron chi connectivity index (χ0n) is 11.5. The normalized spacial score (nSPS) is 10.4. The minimum absolute atomic E-state index is 0.613. The van der Waals surface area contributed by atoms with Crippen LogP contribution in [0.4, 0.5) is 11.6 Å². The zero-order chi connectivity index (χ0) is 13.4. The topological polar surface area (TPSA) is 68.3 Å². The second kappa shape index (κ2) is 7.84. The zero-order valence-corrected chi connectivity index (χ0v) is 11.5.